The van der Waals surface area contributed by atoms with Gasteiger partial charge in [-0.2, -0.15) is 0 Å². The number of carbonyl (C=O) groups excluding carboxylic acids is 1. The molecule has 15 heavy (non-hydrogen) atoms. The summed E-state index contributed by atoms with van der Waals surface area (Å²) in [5, 5.41) is 11.1. The van der Waals surface area contributed by atoms with Gasteiger partial charge in [0.15, 0.2) is 0 Å². The van der Waals surface area contributed by atoms with Crippen molar-refractivity contribution in [2.24, 2.45) is 0 Å². The van der Waals surface area contributed by atoms with Crippen molar-refractivity contribution in [2.45, 2.75) is 39.2 Å². The molecule has 1 amide bonds. The van der Waals surface area contributed by atoms with Crippen LogP contribution in [0.5, 0.6) is 0 Å². The summed E-state index contributed by atoms with van der Waals surface area (Å²) >= 11 is 0. The zero-order chi connectivity index (χ0) is 11.7. The van der Waals surface area contributed by atoms with Gasteiger partial charge in [-0.1, -0.05) is 12.2 Å². The first-order chi connectivity index (χ1) is 6.95. The van der Waals surface area contributed by atoms with E-state index in [0.717, 1.165) is 6.42 Å². The molecule has 0 aromatic rings. The molecular formula is C11H21NO3. The molecular weight excluding hydrogens is 194 g/mol. The Hall–Kier alpha value is -1.03. The van der Waals surface area contributed by atoms with E-state index in [4.69, 9.17) is 9.84 Å². The number of carbonyl (C=O) groups is 1. The van der Waals surface area contributed by atoms with Crippen molar-refractivity contribution in [1.29, 1.82) is 0 Å². The van der Waals surface area contributed by atoms with Crippen molar-refractivity contribution in [3.05, 3.63) is 12.2 Å². The normalized spacial score (nSPS) is 11.7. The second kappa shape index (κ2) is 7.29. The molecule has 4 nitrogen and oxygen atoms in total. The van der Waals surface area contributed by atoms with E-state index >= 15 is 0 Å². The maximum atomic E-state index is 11.2. The van der Waals surface area contributed by atoms with Crippen LogP contribution in [0.2, 0.25) is 0 Å². The van der Waals surface area contributed by atoms with Crippen molar-refractivity contribution in [2.75, 3.05) is 13.2 Å². The number of nitrogens with one attached hydrogen (secondary N) is 1. The van der Waals surface area contributed by atoms with Gasteiger partial charge >= 0.3 is 6.09 Å². The van der Waals surface area contributed by atoms with Gasteiger partial charge in [0, 0.05) is 13.2 Å². The van der Waals surface area contributed by atoms with Gasteiger partial charge in [-0.3, -0.25) is 0 Å². The molecule has 0 radical (unpaired) electrons. The summed E-state index contributed by atoms with van der Waals surface area (Å²) in [6, 6.07) is 0. The molecule has 0 fully saturated rings. The fourth-order valence-electron chi connectivity index (χ4n) is 0.882. The Balaban J connectivity index is 3.48. The second-order valence-electron chi connectivity index (χ2n) is 4.20. The first-order valence-corrected chi connectivity index (χ1v) is 5.18. The van der Waals surface area contributed by atoms with Crippen LogP contribution in [-0.4, -0.2) is 30.0 Å². The van der Waals surface area contributed by atoms with E-state index in [-0.39, 0.29) is 6.61 Å². The summed E-state index contributed by atoms with van der Waals surface area (Å²) in [7, 11) is 0. The van der Waals surface area contributed by atoms with Crippen molar-refractivity contribution < 1.29 is 14.6 Å². The molecule has 0 aliphatic carbocycles. The monoisotopic (exact) mass is 215 g/mol. The zero-order valence-electron chi connectivity index (χ0n) is 9.75. The molecule has 0 rings (SSSR count). The van der Waals surface area contributed by atoms with Gasteiger partial charge in [0.05, 0.1) is 0 Å². The van der Waals surface area contributed by atoms with Crippen molar-refractivity contribution in [3.63, 3.8) is 0 Å². The van der Waals surface area contributed by atoms with Crippen LogP contribution in [0, 0.1) is 0 Å². The SMILES string of the molecule is CC(C)(C)OC(=O)NCC/C=C/CCO. The zero-order valence-corrected chi connectivity index (χ0v) is 9.75. The highest BCUT2D eigenvalue weighted by molar-refractivity contribution is 5.67. The summed E-state index contributed by atoms with van der Waals surface area (Å²) in [6.07, 6.45) is 4.83. The van der Waals surface area contributed by atoms with Crippen LogP contribution in [0.3, 0.4) is 0 Å². The van der Waals surface area contributed by atoms with Crippen molar-refractivity contribution in [1.82, 2.24) is 5.32 Å². The Labute approximate surface area is 91.3 Å². The van der Waals surface area contributed by atoms with Gasteiger partial charge in [0.25, 0.3) is 0 Å². The van der Waals surface area contributed by atoms with E-state index in [2.05, 4.69) is 5.32 Å². The summed E-state index contributed by atoms with van der Waals surface area (Å²) < 4.78 is 5.05. The maximum absolute atomic E-state index is 11.2. The number of amides is 1. The third-order valence-electron chi connectivity index (χ3n) is 1.44. The van der Waals surface area contributed by atoms with Gasteiger partial charge in [-0.15, -0.1) is 0 Å². The van der Waals surface area contributed by atoms with E-state index in [1.165, 1.54) is 0 Å². The van der Waals surface area contributed by atoms with Crippen molar-refractivity contribution in [3.8, 4) is 0 Å². The van der Waals surface area contributed by atoms with E-state index in [0.29, 0.717) is 13.0 Å². The topological polar surface area (TPSA) is 58.6 Å². The summed E-state index contributed by atoms with van der Waals surface area (Å²) in [4.78, 5) is 11.2. The van der Waals surface area contributed by atoms with Crippen LogP contribution in [0.15, 0.2) is 12.2 Å². The Kier molecular flexibility index (Phi) is 6.79. The fourth-order valence-corrected chi connectivity index (χ4v) is 0.882. The van der Waals surface area contributed by atoms with Gasteiger partial charge in [-0.05, 0) is 33.6 Å². The predicted octanol–water partition coefficient (Wildman–Crippen LogP) is 1.84. The molecule has 0 saturated heterocycles. The lowest BCUT2D eigenvalue weighted by molar-refractivity contribution is 0.0529. The third kappa shape index (κ3) is 10.9. The summed E-state index contributed by atoms with van der Waals surface area (Å²) in [5.74, 6) is 0. The molecule has 0 bridgehead atoms. The first-order valence-electron chi connectivity index (χ1n) is 5.18. The number of ether oxygens (including phenoxy) is 1. The molecule has 0 aromatic carbocycles. The standard InChI is InChI=1S/C11H21NO3/c1-11(2,3)15-10(14)12-8-6-4-5-7-9-13/h4-5,13H,6-9H2,1-3H3,(H,12,14)/b5-4+. The minimum absolute atomic E-state index is 0.163. The average Bonchev–Trinajstić information content (AvgIpc) is 2.08. The third-order valence-corrected chi connectivity index (χ3v) is 1.44. The van der Waals surface area contributed by atoms with E-state index in [1.54, 1.807) is 0 Å². The Bertz CT molecular complexity index is 206. The summed E-state index contributed by atoms with van der Waals surface area (Å²) in [6.45, 7) is 6.20. The van der Waals surface area contributed by atoms with Crippen LogP contribution >= 0.6 is 0 Å². The molecule has 0 aliphatic rings. The number of hydrogen-bond acceptors (Lipinski definition) is 3. The molecule has 0 saturated carbocycles. The molecule has 0 spiro atoms. The van der Waals surface area contributed by atoms with Crippen LogP contribution in [0.4, 0.5) is 4.79 Å². The quantitative estimate of drug-likeness (QED) is 0.543. The highest BCUT2D eigenvalue weighted by Crippen LogP contribution is 2.06. The van der Waals surface area contributed by atoms with E-state index < -0.39 is 11.7 Å². The van der Waals surface area contributed by atoms with E-state index in [1.807, 2.05) is 32.9 Å². The lowest BCUT2D eigenvalue weighted by Gasteiger charge is -2.19. The molecule has 0 aromatic heterocycles. The second-order valence-corrected chi connectivity index (χ2v) is 4.20. The van der Waals surface area contributed by atoms with Gasteiger partial charge in [-0.25, -0.2) is 4.79 Å². The lowest BCUT2D eigenvalue weighted by Crippen LogP contribution is -2.32. The van der Waals surface area contributed by atoms with Crippen LogP contribution in [0.25, 0.3) is 0 Å². The summed E-state index contributed by atoms with van der Waals surface area (Å²) in [5.41, 5.74) is -0.448. The largest absolute Gasteiger partial charge is 0.444 e. The van der Waals surface area contributed by atoms with Crippen molar-refractivity contribution >= 4 is 6.09 Å². The Morgan fingerprint density at radius 3 is 2.47 bits per heavy atom. The van der Waals surface area contributed by atoms with E-state index in [9.17, 15) is 4.79 Å². The Morgan fingerprint density at radius 1 is 1.33 bits per heavy atom. The predicted molar refractivity (Wildman–Crippen MR) is 59.7 cm³/mol. The van der Waals surface area contributed by atoms with Gasteiger partial charge in [0.1, 0.15) is 5.60 Å². The molecule has 4 heteroatoms. The first kappa shape index (κ1) is 14.0. The number of rotatable bonds is 5. The van der Waals surface area contributed by atoms with Gasteiger partial charge < -0.3 is 15.2 Å². The van der Waals surface area contributed by atoms with Gasteiger partial charge in [0.2, 0.25) is 0 Å². The van der Waals surface area contributed by atoms with Crippen LogP contribution in [-0.2, 0) is 4.74 Å². The maximum Gasteiger partial charge on any atom is 0.407 e. The molecule has 88 valence electrons. The highest BCUT2D eigenvalue weighted by atomic mass is 16.6. The molecule has 0 heterocycles. The molecule has 2 N–H and O–H groups in total. The van der Waals surface area contributed by atoms with Crippen LogP contribution < -0.4 is 5.32 Å². The molecule has 0 aliphatic heterocycles. The average molecular weight is 215 g/mol. The molecule has 0 unspecified atom stereocenters. The van der Waals surface area contributed by atoms with Crippen LogP contribution in [0.1, 0.15) is 33.6 Å². The minimum atomic E-state index is -0.448. The number of alkyl carbamates (subject to hydrolysis) is 1. The number of aliphatic hydroxyl groups is 1. The molecule has 0 atom stereocenters. The minimum Gasteiger partial charge on any atom is -0.444 e. The smallest absolute Gasteiger partial charge is 0.407 e. The lowest BCUT2D eigenvalue weighted by atomic mass is 10.2. The Morgan fingerprint density at radius 2 is 1.93 bits per heavy atom. The number of hydrogen-bond donors (Lipinski definition) is 2. The number of aliphatic hydroxyl groups excluding tert-OH is 1. The highest BCUT2D eigenvalue weighted by Gasteiger charge is 2.14. The fraction of sp³-hybridized carbons (Fsp3) is 0.727.